The van der Waals surface area contributed by atoms with Crippen LogP contribution in [0.15, 0.2) is 30.3 Å². The lowest BCUT2D eigenvalue weighted by Gasteiger charge is -2.30. The maximum atomic E-state index is 15.0. The third-order valence-corrected chi connectivity index (χ3v) is 5.67. The molecule has 0 saturated carbocycles. The van der Waals surface area contributed by atoms with Crippen molar-refractivity contribution in [2.24, 2.45) is 0 Å². The molecule has 10 heteroatoms. The van der Waals surface area contributed by atoms with Crippen molar-refractivity contribution in [3.8, 4) is 0 Å². The molecule has 2 aromatic carbocycles. The molecule has 3 rings (SSSR count). The summed E-state index contributed by atoms with van der Waals surface area (Å²) in [5.41, 5.74) is -0.0308. The summed E-state index contributed by atoms with van der Waals surface area (Å²) in [5, 5.41) is 5.75. The van der Waals surface area contributed by atoms with E-state index in [4.69, 9.17) is 4.74 Å². The van der Waals surface area contributed by atoms with Crippen LogP contribution in [0.2, 0.25) is 0 Å². The Morgan fingerprint density at radius 2 is 1.82 bits per heavy atom. The van der Waals surface area contributed by atoms with Crippen molar-refractivity contribution >= 4 is 17.3 Å². The Bertz CT molecular complexity index is 997. The highest BCUT2D eigenvalue weighted by Gasteiger charge is 2.24. The normalized spacial score (nSPS) is 15.0. The topological polar surface area (TPSA) is 56.8 Å². The van der Waals surface area contributed by atoms with Gasteiger partial charge in [0.15, 0.2) is 0 Å². The lowest BCUT2D eigenvalue weighted by molar-refractivity contribution is 0.0940. The van der Waals surface area contributed by atoms with Crippen LogP contribution in [0.25, 0.3) is 0 Å². The van der Waals surface area contributed by atoms with E-state index in [-0.39, 0.29) is 16.8 Å². The van der Waals surface area contributed by atoms with Gasteiger partial charge in [-0.05, 0) is 33.2 Å². The molecule has 1 aliphatic heterocycles. The fourth-order valence-electron chi connectivity index (χ4n) is 3.78. The zero-order chi connectivity index (χ0) is 24.8. The molecule has 1 atom stereocenters. The van der Waals surface area contributed by atoms with Crippen LogP contribution < -0.4 is 15.5 Å². The Morgan fingerprint density at radius 1 is 1.15 bits per heavy atom. The van der Waals surface area contributed by atoms with Crippen molar-refractivity contribution in [3.05, 3.63) is 58.7 Å². The van der Waals surface area contributed by atoms with Crippen molar-refractivity contribution in [2.45, 2.75) is 19.4 Å². The van der Waals surface area contributed by atoms with E-state index in [2.05, 4.69) is 10.6 Å². The van der Waals surface area contributed by atoms with Gasteiger partial charge < -0.3 is 25.2 Å². The molecular formula is C24H30F4N4O2. The Balaban J connectivity index is 1.90. The molecular weight excluding hydrogens is 452 g/mol. The molecule has 1 amide bonds. The number of likely N-dealkylation sites (N-methyl/N-ethyl adjacent to an activating group) is 1. The number of nitrogens with one attached hydrogen (secondary N) is 2. The highest BCUT2D eigenvalue weighted by atomic mass is 19.3. The third-order valence-electron chi connectivity index (χ3n) is 5.67. The highest BCUT2D eigenvalue weighted by molar-refractivity contribution is 6.01. The second-order valence-electron chi connectivity index (χ2n) is 8.42. The molecule has 0 aromatic heterocycles. The molecule has 0 bridgehead atoms. The van der Waals surface area contributed by atoms with E-state index in [0.29, 0.717) is 45.1 Å². The second-order valence-corrected chi connectivity index (χ2v) is 8.42. The van der Waals surface area contributed by atoms with Crippen LogP contribution >= 0.6 is 0 Å². The van der Waals surface area contributed by atoms with Crippen LogP contribution in [0.5, 0.6) is 0 Å². The number of nitrogens with zero attached hydrogens (tertiary/aromatic N) is 2. The predicted molar refractivity (Wildman–Crippen MR) is 124 cm³/mol. The van der Waals surface area contributed by atoms with Gasteiger partial charge in [0.2, 0.25) is 0 Å². The third kappa shape index (κ3) is 6.18. The van der Waals surface area contributed by atoms with Gasteiger partial charge in [0.05, 0.1) is 41.8 Å². The summed E-state index contributed by atoms with van der Waals surface area (Å²) >= 11 is 0. The number of morpholine rings is 1. The SMILES string of the molecule is C[C@@H](NC(=O)c1cc(N2CCOCC2)c(F)cc1NCCN(C)C)c1cccc(C(F)F)c1F. The van der Waals surface area contributed by atoms with Gasteiger partial charge in [-0.15, -0.1) is 0 Å². The number of benzene rings is 2. The monoisotopic (exact) mass is 482 g/mol. The molecule has 1 heterocycles. The molecule has 186 valence electrons. The van der Waals surface area contributed by atoms with Crippen LogP contribution in [-0.2, 0) is 4.74 Å². The number of ether oxygens (including phenoxy) is 1. The molecule has 1 aliphatic rings. The summed E-state index contributed by atoms with van der Waals surface area (Å²) in [7, 11) is 3.78. The van der Waals surface area contributed by atoms with Gasteiger partial charge in [-0.2, -0.15) is 0 Å². The highest BCUT2D eigenvalue weighted by Crippen LogP contribution is 2.30. The minimum Gasteiger partial charge on any atom is -0.383 e. The maximum absolute atomic E-state index is 15.0. The Morgan fingerprint density at radius 3 is 2.47 bits per heavy atom. The Kier molecular flexibility index (Phi) is 8.73. The van der Waals surface area contributed by atoms with Gasteiger partial charge >= 0.3 is 0 Å². The van der Waals surface area contributed by atoms with Gasteiger partial charge in [0, 0.05) is 31.7 Å². The molecule has 0 aliphatic carbocycles. The molecule has 0 unspecified atom stereocenters. The molecule has 2 aromatic rings. The molecule has 34 heavy (non-hydrogen) atoms. The first-order valence-electron chi connectivity index (χ1n) is 11.1. The van der Waals surface area contributed by atoms with Gasteiger partial charge in [0.25, 0.3) is 12.3 Å². The maximum Gasteiger partial charge on any atom is 0.266 e. The van der Waals surface area contributed by atoms with E-state index < -0.39 is 35.6 Å². The quantitative estimate of drug-likeness (QED) is 0.525. The van der Waals surface area contributed by atoms with Crippen LogP contribution in [0.1, 0.15) is 40.9 Å². The number of hydrogen-bond acceptors (Lipinski definition) is 5. The predicted octanol–water partition coefficient (Wildman–Crippen LogP) is 4.20. The average Bonchev–Trinajstić information content (AvgIpc) is 2.79. The molecule has 6 nitrogen and oxygen atoms in total. The van der Waals surface area contributed by atoms with Crippen molar-refractivity contribution in [3.63, 3.8) is 0 Å². The number of halogens is 4. The minimum atomic E-state index is -2.97. The first-order chi connectivity index (χ1) is 16.2. The van der Waals surface area contributed by atoms with Crippen LogP contribution in [0, 0.1) is 11.6 Å². The number of hydrogen-bond donors (Lipinski definition) is 2. The first-order valence-corrected chi connectivity index (χ1v) is 11.1. The Labute approximate surface area is 196 Å². The molecule has 2 N–H and O–H groups in total. The van der Waals surface area contributed by atoms with E-state index in [0.717, 1.165) is 6.07 Å². The largest absolute Gasteiger partial charge is 0.383 e. The molecule has 0 radical (unpaired) electrons. The number of alkyl halides is 2. The smallest absolute Gasteiger partial charge is 0.266 e. The number of amides is 1. The van der Waals surface area contributed by atoms with Crippen LogP contribution in [0.4, 0.5) is 28.9 Å². The Hall–Kier alpha value is -2.85. The summed E-state index contributed by atoms with van der Waals surface area (Å²) in [4.78, 5) is 17.0. The van der Waals surface area contributed by atoms with E-state index >= 15 is 0 Å². The van der Waals surface area contributed by atoms with Crippen LogP contribution in [0.3, 0.4) is 0 Å². The second kappa shape index (κ2) is 11.5. The van der Waals surface area contributed by atoms with E-state index in [1.807, 2.05) is 19.0 Å². The van der Waals surface area contributed by atoms with Gasteiger partial charge in [-0.25, -0.2) is 17.6 Å². The standard InChI is InChI=1S/C24H30F4N4O2/c1-15(16-5-4-6-17(22(16)26)23(27)28)30-24(33)18-13-21(32-9-11-34-12-10-32)19(25)14-20(18)29-7-8-31(2)3/h4-6,13-15,23,29H,7-12H2,1-3H3,(H,30,33)/t15-/m1/s1. The summed E-state index contributed by atoms with van der Waals surface area (Å²) in [6, 6.07) is 5.54. The van der Waals surface area contributed by atoms with Crippen molar-refractivity contribution in [1.82, 2.24) is 10.2 Å². The average molecular weight is 483 g/mol. The molecule has 1 fully saturated rings. The lowest BCUT2D eigenvalue weighted by Crippen LogP contribution is -2.37. The van der Waals surface area contributed by atoms with E-state index in [1.54, 1.807) is 4.90 Å². The van der Waals surface area contributed by atoms with Gasteiger partial charge in [-0.1, -0.05) is 18.2 Å². The van der Waals surface area contributed by atoms with Crippen molar-refractivity contribution in [2.75, 3.05) is 63.7 Å². The lowest BCUT2D eigenvalue weighted by atomic mass is 10.0. The zero-order valence-corrected chi connectivity index (χ0v) is 19.5. The number of carbonyl (C=O) groups excluding carboxylic acids is 1. The number of rotatable bonds is 9. The molecule has 0 spiro atoms. The van der Waals surface area contributed by atoms with Crippen molar-refractivity contribution < 1.29 is 27.1 Å². The first kappa shape index (κ1) is 25.8. The summed E-state index contributed by atoms with van der Waals surface area (Å²) in [5.74, 6) is -2.10. The van der Waals surface area contributed by atoms with E-state index in [9.17, 15) is 22.4 Å². The summed E-state index contributed by atoms with van der Waals surface area (Å²) in [6.07, 6.45) is -2.97. The van der Waals surface area contributed by atoms with Crippen molar-refractivity contribution in [1.29, 1.82) is 0 Å². The number of anilines is 2. The minimum absolute atomic E-state index is 0.0521. The zero-order valence-electron chi connectivity index (χ0n) is 19.5. The number of carbonyl (C=O) groups is 1. The van der Waals surface area contributed by atoms with Gasteiger partial charge in [-0.3, -0.25) is 4.79 Å². The fraction of sp³-hybridized carbons (Fsp3) is 0.458. The summed E-state index contributed by atoms with van der Waals surface area (Å²) < 4.78 is 61.1. The molecule has 1 saturated heterocycles. The van der Waals surface area contributed by atoms with E-state index in [1.165, 1.54) is 31.2 Å². The summed E-state index contributed by atoms with van der Waals surface area (Å²) in [6.45, 7) is 4.47. The fourth-order valence-corrected chi connectivity index (χ4v) is 3.78. The van der Waals surface area contributed by atoms with Gasteiger partial charge in [0.1, 0.15) is 11.6 Å². The van der Waals surface area contributed by atoms with Crippen LogP contribution in [-0.4, -0.2) is 64.3 Å².